The van der Waals surface area contributed by atoms with Gasteiger partial charge in [-0.25, -0.2) is 0 Å². The first kappa shape index (κ1) is 24.6. The van der Waals surface area contributed by atoms with E-state index in [0.29, 0.717) is 0 Å². The van der Waals surface area contributed by atoms with Crippen LogP contribution in [-0.4, -0.2) is 0 Å². The molecule has 0 nitrogen and oxygen atoms in total. The first-order valence-electron chi connectivity index (χ1n) is 11.9. The van der Waals surface area contributed by atoms with E-state index in [-0.39, 0.29) is 0 Å². The molecular formula is C25H48. The molecule has 0 aromatic rings. The number of hydrogen-bond donors (Lipinski definition) is 0. The van der Waals surface area contributed by atoms with Crippen LogP contribution in [-0.2, 0) is 0 Å². The molecule has 0 heteroatoms. The summed E-state index contributed by atoms with van der Waals surface area (Å²) in [5.74, 6) is 6.73. The van der Waals surface area contributed by atoms with Crippen molar-refractivity contribution in [3.63, 3.8) is 0 Å². The highest BCUT2D eigenvalue weighted by atomic mass is 14.0. The molecule has 0 amide bonds. The van der Waals surface area contributed by atoms with E-state index < -0.39 is 0 Å². The summed E-state index contributed by atoms with van der Waals surface area (Å²) in [5, 5.41) is 0. The molecule has 0 heterocycles. The lowest BCUT2D eigenvalue weighted by molar-refractivity contribution is 0.536. The van der Waals surface area contributed by atoms with Crippen molar-refractivity contribution in [2.24, 2.45) is 0 Å². The Balaban J connectivity index is 3.05. The normalized spacial score (nSPS) is 10.6. The predicted molar refractivity (Wildman–Crippen MR) is 116 cm³/mol. The Morgan fingerprint density at radius 1 is 0.320 bits per heavy atom. The van der Waals surface area contributed by atoms with Crippen molar-refractivity contribution in [2.45, 2.75) is 149 Å². The van der Waals surface area contributed by atoms with Gasteiger partial charge in [0.15, 0.2) is 0 Å². The Labute approximate surface area is 160 Å². The van der Waals surface area contributed by atoms with Gasteiger partial charge in [-0.2, -0.15) is 0 Å². The van der Waals surface area contributed by atoms with Crippen molar-refractivity contribution in [1.82, 2.24) is 0 Å². The molecule has 0 atom stereocenters. The van der Waals surface area contributed by atoms with Crippen molar-refractivity contribution < 1.29 is 0 Å². The monoisotopic (exact) mass is 348 g/mol. The van der Waals surface area contributed by atoms with Crippen LogP contribution in [0.2, 0.25) is 0 Å². The SMILES string of the molecule is CCCCCCCC#CCCCCCCCCCCCCCCCC. The fraction of sp³-hybridized carbons (Fsp3) is 0.920. The zero-order valence-corrected chi connectivity index (χ0v) is 17.8. The van der Waals surface area contributed by atoms with Crippen LogP contribution in [0.5, 0.6) is 0 Å². The molecule has 0 aliphatic carbocycles. The maximum atomic E-state index is 3.37. The lowest BCUT2D eigenvalue weighted by Crippen LogP contribution is -1.83. The van der Waals surface area contributed by atoms with Gasteiger partial charge in [-0.05, 0) is 12.8 Å². The molecule has 0 aliphatic rings. The molecule has 0 saturated carbocycles. The van der Waals surface area contributed by atoms with Crippen LogP contribution in [0.3, 0.4) is 0 Å². The van der Waals surface area contributed by atoms with Crippen LogP contribution in [0, 0.1) is 11.8 Å². The smallest absolute Gasteiger partial charge is 0.00886 e. The van der Waals surface area contributed by atoms with Gasteiger partial charge in [0, 0.05) is 12.8 Å². The van der Waals surface area contributed by atoms with E-state index in [0.717, 1.165) is 12.8 Å². The molecule has 148 valence electrons. The Kier molecular flexibility index (Phi) is 23.1. The third-order valence-electron chi connectivity index (χ3n) is 5.19. The molecule has 0 unspecified atom stereocenters. The summed E-state index contributed by atoms with van der Waals surface area (Å²) >= 11 is 0. The van der Waals surface area contributed by atoms with E-state index in [1.54, 1.807) is 0 Å². The summed E-state index contributed by atoms with van der Waals surface area (Å²) in [5.41, 5.74) is 0. The van der Waals surface area contributed by atoms with Gasteiger partial charge < -0.3 is 0 Å². The van der Waals surface area contributed by atoms with Gasteiger partial charge in [0.25, 0.3) is 0 Å². The Bertz CT molecular complexity index is 280. The molecule has 0 aliphatic heterocycles. The molecule has 0 aromatic carbocycles. The van der Waals surface area contributed by atoms with Crippen LogP contribution in [0.4, 0.5) is 0 Å². The zero-order chi connectivity index (χ0) is 18.3. The van der Waals surface area contributed by atoms with Gasteiger partial charge in [0.05, 0.1) is 0 Å². The van der Waals surface area contributed by atoms with Crippen LogP contribution in [0.25, 0.3) is 0 Å². The van der Waals surface area contributed by atoms with Crippen molar-refractivity contribution in [3.05, 3.63) is 0 Å². The summed E-state index contributed by atoms with van der Waals surface area (Å²) in [6.45, 7) is 4.57. The average Bonchev–Trinajstić information content (AvgIpc) is 2.63. The lowest BCUT2D eigenvalue weighted by Gasteiger charge is -2.02. The summed E-state index contributed by atoms with van der Waals surface area (Å²) < 4.78 is 0. The zero-order valence-electron chi connectivity index (χ0n) is 17.8. The van der Waals surface area contributed by atoms with Gasteiger partial charge in [0.2, 0.25) is 0 Å². The maximum absolute atomic E-state index is 3.37. The number of unbranched alkanes of at least 4 members (excludes halogenated alkanes) is 19. The highest BCUT2D eigenvalue weighted by molar-refractivity contribution is 4.98. The topological polar surface area (TPSA) is 0 Å². The standard InChI is InChI=1S/C25H48/c1-3-5-7-9-11-13-15-17-19-21-23-25-24-22-20-18-16-14-12-10-8-6-4-2/h3-15,17,19-25H2,1-2H3. The first-order chi connectivity index (χ1) is 12.4. The van der Waals surface area contributed by atoms with E-state index in [9.17, 15) is 0 Å². The highest BCUT2D eigenvalue weighted by Gasteiger charge is 1.93. The largest absolute Gasteiger partial charge is 0.103 e. The highest BCUT2D eigenvalue weighted by Crippen LogP contribution is 2.13. The molecule has 0 radical (unpaired) electrons. The molecule has 0 aromatic heterocycles. The van der Waals surface area contributed by atoms with E-state index in [4.69, 9.17) is 0 Å². The quantitative estimate of drug-likeness (QED) is 0.161. The minimum absolute atomic E-state index is 1.13. The van der Waals surface area contributed by atoms with Gasteiger partial charge in [0.1, 0.15) is 0 Å². The molecule has 0 fully saturated rings. The Morgan fingerprint density at radius 3 is 0.840 bits per heavy atom. The summed E-state index contributed by atoms with van der Waals surface area (Å²) in [6.07, 6.45) is 29.2. The van der Waals surface area contributed by atoms with Crippen LogP contribution in [0.15, 0.2) is 0 Å². The number of rotatable bonds is 19. The summed E-state index contributed by atoms with van der Waals surface area (Å²) in [6, 6.07) is 0. The maximum Gasteiger partial charge on any atom is 0.00886 e. The Hall–Kier alpha value is -0.440. The fourth-order valence-electron chi connectivity index (χ4n) is 3.40. The summed E-state index contributed by atoms with van der Waals surface area (Å²) in [4.78, 5) is 0. The first-order valence-corrected chi connectivity index (χ1v) is 11.9. The molecule has 0 spiro atoms. The van der Waals surface area contributed by atoms with Crippen LogP contribution >= 0.6 is 0 Å². The average molecular weight is 349 g/mol. The van der Waals surface area contributed by atoms with Crippen molar-refractivity contribution in [2.75, 3.05) is 0 Å². The number of hydrogen-bond acceptors (Lipinski definition) is 0. The third kappa shape index (κ3) is 23.6. The van der Waals surface area contributed by atoms with Crippen molar-refractivity contribution in [3.8, 4) is 11.8 Å². The van der Waals surface area contributed by atoms with Gasteiger partial charge >= 0.3 is 0 Å². The summed E-state index contributed by atoms with van der Waals surface area (Å²) in [7, 11) is 0. The minimum Gasteiger partial charge on any atom is -0.103 e. The molecule has 0 saturated heterocycles. The molecule has 0 rings (SSSR count). The molecule has 0 bridgehead atoms. The van der Waals surface area contributed by atoms with Gasteiger partial charge in [-0.1, -0.05) is 123 Å². The van der Waals surface area contributed by atoms with Gasteiger partial charge in [-0.15, -0.1) is 11.8 Å². The minimum atomic E-state index is 1.13. The lowest BCUT2D eigenvalue weighted by atomic mass is 10.0. The van der Waals surface area contributed by atoms with Crippen LogP contribution in [0.1, 0.15) is 149 Å². The van der Waals surface area contributed by atoms with E-state index >= 15 is 0 Å². The molecular weight excluding hydrogens is 300 g/mol. The fourth-order valence-corrected chi connectivity index (χ4v) is 3.40. The van der Waals surface area contributed by atoms with Crippen LogP contribution < -0.4 is 0 Å². The van der Waals surface area contributed by atoms with E-state index in [1.165, 1.54) is 122 Å². The second kappa shape index (κ2) is 23.6. The molecule has 0 N–H and O–H groups in total. The van der Waals surface area contributed by atoms with Gasteiger partial charge in [-0.3, -0.25) is 0 Å². The van der Waals surface area contributed by atoms with Crippen molar-refractivity contribution in [1.29, 1.82) is 0 Å². The van der Waals surface area contributed by atoms with E-state index in [1.807, 2.05) is 0 Å². The van der Waals surface area contributed by atoms with Crippen molar-refractivity contribution >= 4 is 0 Å². The third-order valence-corrected chi connectivity index (χ3v) is 5.19. The second-order valence-corrected chi connectivity index (χ2v) is 7.86. The predicted octanol–water partition coefficient (Wildman–Crippen LogP) is 9.22. The second-order valence-electron chi connectivity index (χ2n) is 7.86. The molecule has 25 heavy (non-hydrogen) atoms. The van der Waals surface area contributed by atoms with E-state index in [2.05, 4.69) is 25.7 Å². The Morgan fingerprint density at radius 2 is 0.560 bits per heavy atom.